The molecule has 2 heterocycles. The second kappa shape index (κ2) is 7.48. The third-order valence-electron chi connectivity index (χ3n) is 5.56. The molecule has 1 aromatic carbocycles. The summed E-state index contributed by atoms with van der Waals surface area (Å²) in [6, 6.07) is 5.69. The number of hydrogen-bond donors (Lipinski definition) is 0. The molecule has 26 heavy (non-hydrogen) atoms. The number of nitrogens with zero attached hydrogens (tertiary/aromatic N) is 4. The molecule has 0 bridgehead atoms. The van der Waals surface area contributed by atoms with Crippen LogP contribution in [-0.4, -0.2) is 57.3 Å². The summed E-state index contributed by atoms with van der Waals surface area (Å²) in [5.41, 5.74) is 2.54. The van der Waals surface area contributed by atoms with E-state index in [1.54, 1.807) is 0 Å². The van der Waals surface area contributed by atoms with Gasteiger partial charge in [-0.15, -0.1) is 0 Å². The Bertz CT molecular complexity index is 815. The smallest absolute Gasteiger partial charge is 0.254 e. The van der Waals surface area contributed by atoms with Gasteiger partial charge in [-0.25, -0.2) is 4.98 Å². The number of carbonyl (C=O) groups is 2. The van der Waals surface area contributed by atoms with Crippen LogP contribution >= 0.6 is 0 Å². The van der Waals surface area contributed by atoms with Gasteiger partial charge in [0.05, 0.1) is 11.0 Å². The first-order valence-corrected chi connectivity index (χ1v) is 9.47. The highest BCUT2D eigenvalue weighted by Crippen LogP contribution is 2.19. The number of amides is 2. The van der Waals surface area contributed by atoms with Gasteiger partial charge in [-0.05, 0) is 38.0 Å². The molecule has 0 saturated carbocycles. The Labute approximate surface area is 154 Å². The maximum atomic E-state index is 12.8. The van der Waals surface area contributed by atoms with Crippen LogP contribution < -0.4 is 0 Å². The minimum atomic E-state index is 0.0184. The Kier molecular flexibility index (Phi) is 5.30. The van der Waals surface area contributed by atoms with Gasteiger partial charge in [0.1, 0.15) is 5.82 Å². The Morgan fingerprint density at radius 1 is 1.08 bits per heavy atom. The van der Waals surface area contributed by atoms with Crippen molar-refractivity contribution in [3.8, 4) is 0 Å². The van der Waals surface area contributed by atoms with E-state index in [1.807, 2.05) is 46.5 Å². The fourth-order valence-electron chi connectivity index (χ4n) is 3.66. The number of carbonyl (C=O) groups excluding carboxylic acids is 2. The molecule has 0 aliphatic carbocycles. The van der Waals surface area contributed by atoms with Crippen molar-refractivity contribution in [3.63, 3.8) is 0 Å². The third kappa shape index (κ3) is 3.32. The lowest BCUT2D eigenvalue weighted by atomic mass is 10.0. The molecular formula is C20H28N4O2. The summed E-state index contributed by atoms with van der Waals surface area (Å²) in [6.07, 6.45) is 1.75. The Morgan fingerprint density at radius 3 is 2.31 bits per heavy atom. The van der Waals surface area contributed by atoms with E-state index in [4.69, 9.17) is 0 Å². The van der Waals surface area contributed by atoms with Gasteiger partial charge >= 0.3 is 0 Å². The van der Waals surface area contributed by atoms with Crippen LogP contribution in [0.1, 0.15) is 42.9 Å². The van der Waals surface area contributed by atoms with Crippen LogP contribution in [0.25, 0.3) is 11.0 Å². The van der Waals surface area contributed by atoms with Gasteiger partial charge in [-0.3, -0.25) is 9.59 Å². The molecule has 0 atom stereocenters. The van der Waals surface area contributed by atoms with Crippen LogP contribution in [-0.2, 0) is 11.8 Å². The molecule has 2 aromatic rings. The maximum Gasteiger partial charge on any atom is 0.254 e. The molecule has 1 aromatic heterocycles. The van der Waals surface area contributed by atoms with Crippen molar-refractivity contribution in [1.29, 1.82) is 0 Å². The van der Waals surface area contributed by atoms with E-state index in [9.17, 15) is 9.59 Å². The van der Waals surface area contributed by atoms with E-state index in [1.165, 1.54) is 0 Å². The van der Waals surface area contributed by atoms with Crippen molar-refractivity contribution in [2.24, 2.45) is 13.0 Å². The molecule has 2 amide bonds. The summed E-state index contributed by atoms with van der Waals surface area (Å²) >= 11 is 0. The van der Waals surface area contributed by atoms with E-state index in [0.717, 1.165) is 29.7 Å². The summed E-state index contributed by atoms with van der Waals surface area (Å²) in [5.74, 6) is 1.28. The predicted molar refractivity (Wildman–Crippen MR) is 102 cm³/mol. The Hall–Kier alpha value is -2.37. The van der Waals surface area contributed by atoms with E-state index in [0.29, 0.717) is 31.7 Å². The summed E-state index contributed by atoms with van der Waals surface area (Å²) in [6.45, 7) is 8.48. The zero-order chi connectivity index (χ0) is 18.8. The molecule has 0 radical (unpaired) electrons. The molecule has 6 heteroatoms. The summed E-state index contributed by atoms with van der Waals surface area (Å²) in [7, 11) is 1.97. The number of benzene rings is 1. The van der Waals surface area contributed by atoms with E-state index in [-0.39, 0.29) is 17.7 Å². The lowest BCUT2D eigenvalue weighted by molar-refractivity contribution is -0.137. The first-order valence-electron chi connectivity index (χ1n) is 9.47. The summed E-state index contributed by atoms with van der Waals surface area (Å²) < 4.78 is 2.02. The zero-order valence-electron chi connectivity index (χ0n) is 16.2. The van der Waals surface area contributed by atoms with E-state index in [2.05, 4.69) is 18.8 Å². The van der Waals surface area contributed by atoms with Crippen LogP contribution in [0.2, 0.25) is 0 Å². The van der Waals surface area contributed by atoms with Gasteiger partial charge in [0.25, 0.3) is 5.91 Å². The van der Waals surface area contributed by atoms with Crippen molar-refractivity contribution in [3.05, 3.63) is 29.6 Å². The minimum absolute atomic E-state index is 0.0184. The second-order valence-electron chi connectivity index (χ2n) is 7.05. The zero-order valence-corrected chi connectivity index (χ0v) is 16.2. The summed E-state index contributed by atoms with van der Waals surface area (Å²) in [5, 5.41) is 0. The second-order valence-corrected chi connectivity index (χ2v) is 7.05. The van der Waals surface area contributed by atoms with Crippen LogP contribution in [0.15, 0.2) is 18.2 Å². The van der Waals surface area contributed by atoms with Gasteiger partial charge in [0, 0.05) is 44.7 Å². The molecule has 1 fully saturated rings. The number of hydrogen-bond acceptors (Lipinski definition) is 3. The number of aryl methyl sites for hydroxylation is 2. The number of piperazine rings is 1. The highest BCUT2D eigenvalue weighted by molar-refractivity contribution is 5.97. The first kappa shape index (κ1) is 18.4. The SMILES string of the molecule is CCC(CC)C(=O)N1CCN(C(=O)c2ccc3c(c2)nc(C)n3C)CC1. The fraction of sp³-hybridized carbons (Fsp3) is 0.550. The Balaban J connectivity index is 1.68. The molecule has 6 nitrogen and oxygen atoms in total. The maximum absolute atomic E-state index is 12.8. The monoisotopic (exact) mass is 356 g/mol. The molecular weight excluding hydrogens is 328 g/mol. The van der Waals surface area contributed by atoms with E-state index >= 15 is 0 Å². The minimum Gasteiger partial charge on any atom is -0.339 e. The van der Waals surface area contributed by atoms with Crippen molar-refractivity contribution in [1.82, 2.24) is 19.4 Å². The van der Waals surface area contributed by atoms with Gasteiger partial charge in [0.2, 0.25) is 5.91 Å². The van der Waals surface area contributed by atoms with Gasteiger partial charge < -0.3 is 14.4 Å². The third-order valence-corrected chi connectivity index (χ3v) is 5.56. The molecule has 1 aliphatic heterocycles. The number of aromatic nitrogens is 2. The normalized spacial score (nSPS) is 15.1. The molecule has 0 N–H and O–H groups in total. The molecule has 140 valence electrons. The van der Waals surface area contributed by atoms with Gasteiger partial charge in [0.15, 0.2) is 0 Å². The van der Waals surface area contributed by atoms with Crippen molar-refractivity contribution >= 4 is 22.8 Å². The van der Waals surface area contributed by atoms with Crippen LogP contribution in [0, 0.1) is 12.8 Å². The van der Waals surface area contributed by atoms with Crippen molar-refractivity contribution < 1.29 is 9.59 Å². The first-order chi connectivity index (χ1) is 12.5. The standard InChI is InChI=1S/C20H28N4O2/c1-5-15(6-2)19(25)23-9-11-24(12-10-23)20(26)16-7-8-18-17(13-16)21-14(3)22(18)4/h7-8,13,15H,5-6,9-12H2,1-4H3. The highest BCUT2D eigenvalue weighted by atomic mass is 16.2. The number of fused-ring (bicyclic) bond motifs is 1. The number of rotatable bonds is 4. The van der Waals surface area contributed by atoms with Crippen molar-refractivity contribution in [2.45, 2.75) is 33.6 Å². The predicted octanol–water partition coefficient (Wildman–Crippen LogP) is 2.60. The lowest BCUT2D eigenvalue weighted by Crippen LogP contribution is -2.51. The van der Waals surface area contributed by atoms with Gasteiger partial charge in [-0.2, -0.15) is 0 Å². The molecule has 0 spiro atoms. The Morgan fingerprint density at radius 2 is 1.69 bits per heavy atom. The quantitative estimate of drug-likeness (QED) is 0.846. The van der Waals surface area contributed by atoms with Gasteiger partial charge in [-0.1, -0.05) is 13.8 Å². The molecule has 0 unspecified atom stereocenters. The van der Waals surface area contributed by atoms with Crippen LogP contribution in [0.3, 0.4) is 0 Å². The average molecular weight is 356 g/mol. The summed E-state index contributed by atoms with van der Waals surface area (Å²) in [4.78, 5) is 33.6. The molecule has 3 rings (SSSR count). The molecule has 1 saturated heterocycles. The molecule has 1 aliphatic rings. The fourth-order valence-corrected chi connectivity index (χ4v) is 3.66. The highest BCUT2D eigenvalue weighted by Gasteiger charge is 2.27. The number of imidazole rings is 1. The largest absolute Gasteiger partial charge is 0.339 e. The van der Waals surface area contributed by atoms with Crippen molar-refractivity contribution in [2.75, 3.05) is 26.2 Å². The average Bonchev–Trinajstić information content (AvgIpc) is 2.95. The topological polar surface area (TPSA) is 58.4 Å². The van der Waals surface area contributed by atoms with E-state index < -0.39 is 0 Å². The lowest BCUT2D eigenvalue weighted by Gasteiger charge is -2.36. The van der Waals surface area contributed by atoms with Crippen LogP contribution in [0.5, 0.6) is 0 Å². The van der Waals surface area contributed by atoms with Crippen LogP contribution in [0.4, 0.5) is 0 Å².